The molecule has 1 atom stereocenters. The van der Waals surface area contributed by atoms with E-state index in [4.69, 9.17) is 0 Å². The van der Waals surface area contributed by atoms with Gasteiger partial charge in [-0.15, -0.1) is 0 Å². The van der Waals surface area contributed by atoms with Crippen LogP contribution in [0.1, 0.15) is 53.9 Å². The zero-order valence-corrected chi connectivity index (χ0v) is 20.6. The second kappa shape index (κ2) is 10.2. The Morgan fingerprint density at radius 2 is 2.00 bits per heavy atom. The number of aromatic nitrogens is 2. The van der Waals surface area contributed by atoms with Gasteiger partial charge in [0.1, 0.15) is 11.9 Å². The van der Waals surface area contributed by atoms with Gasteiger partial charge in [-0.25, -0.2) is 4.98 Å². The zero-order chi connectivity index (χ0) is 25.9. The number of carbonyl (C=O) groups excluding carboxylic acids is 1. The van der Waals surface area contributed by atoms with Crippen LogP contribution in [-0.4, -0.2) is 40.2 Å². The smallest absolute Gasteiger partial charge is 0.255 e. The largest absolute Gasteiger partial charge is 0.392 e. The maximum absolute atomic E-state index is 13.0. The van der Waals surface area contributed by atoms with E-state index in [0.29, 0.717) is 41.4 Å². The van der Waals surface area contributed by atoms with Gasteiger partial charge in [-0.2, -0.15) is 10.5 Å². The van der Waals surface area contributed by atoms with Crippen LogP contribution in [0.4, 0.5) is 11.5 Å². The molecule has 0 spiro atoms. The van der Waals surface area contributed by atoms with E-state index in [9.17, 15) is 20.4 Å². The summed E-state index contributed by atoms with van der Waals surface area (Å²) in [6, 6.07) is 15.2. The molecular weight excluding hydrogens is 452 g/mol. The number of likely N-dealkylation sites (N-methyl/N-ethyl adjacent to an activating group) is 1. The summed E-state index contributed by atoms with van der Waals surface area (Å²) in [6.45, 7) is 6.60. The molecule has 2 aromatic heterocycles. The van der Waals surface area contributed by atoms with Gasteiger partial charge < -0.3 is 15.3 Å². The fraction of sp³-hybridized carbons (Fsp3) is 0.321. The highest BCUT2D eigenvalue weighted by Gasteiger charge is 2.46. The number of nitrogens with zero attached hydrogens (tertiary/aromatic N) is 5. The predicted octanol–water partition coefficient (Wildman–Crippen LogP) is 4.34. The van der Waals surface area contributed by atoms with Crippen molar-refractivity contribution in [1.82, 2.24) is 9.97 Å². The summed E-state index contributed by atoms with van der Waals surface area (Å²) in [4.78, 5) is 23.7. The first-order chi connectivity index (χ1) is 17.3. The Kier molecular flexibility index (Phi) is 7.00. The summed E-state index contributed by atoms with van der Waals surface area (Å²) in [5.74, 6) is 0.246. The first-order valence-corrected chi connectivity index (χ1v) is 11.9. The molecule has 8 nitrogen and oxygen atoms in total. The van der Waals surface area contributed by atoms with Crippen molar-refractivity contribution in [3.8, 4) is 23.3 Å². The van der Waals surface area contributed by atoms with Crippen molar-refractivity contribution >= 4 is 17.4 Å². The summed E-state index contributed by atoms with van der Waals surface area (Å²) in [5, 5.41) is 32.0. The lowest BCUT2D eigenvalue weighted by Crippen LogP contribution is -2.32. The van der Waals surface area contributed by atoms with Crippen LogP contribution in [0.25, 0.3) is 11.1 Å². The molecule has 1 amide bonds. The van der Waals surface area contributed by atoms with Gasteiger partial charge in [-0.1, -0.05) is 6.07 Å². The molecule has 36 heavy (non-hydrogen) atoms. The number of hydrogen-bond acceptors (Lipinski definition) is 7. The number of aryl methyl sites for hydroxylation is 1. The highest BCUT2D eigenvalue weighted by molar-refractivity contribution is 6.04. The summed E-state index contributed by atoms with van der Waals surface area (Å²) in [7, 11) is 0. The fourth-order valence-electron chi connectivity index (χ4n) is 4.22. The third-order valence-corrected chi connectivity index (χ3v) is 6.44. The molecule has 0 radical (unpaired) electrons. The van der Waals surface area contributed by atoms with Crippen LogP contribution >= 0.6 is 0 Å². The van der Waals surface area contributed by atoms with Crippen molar-refractivity contribution in [2.75, 3.05) is 23.3 Å². The monoisotopic (exact) mass is 480 g/mol. The average molecular weight is 481 g/mol. The Labute approximate surface area is 210 Å². The molecule has 182 valence electrons. The number of carbonyl (C=O) groups is 1. The molecule has 8 heteroatoms. The highest BCUT2D eigenvalue weighted by atomic mass is 16.3. The van der Waals surface area contributed by atoms with Crippen molar-refractivity contribution in [2.24, 2.45) is 0 Å². The molecule has 1 unspecified atom stereocenters. The first kappa shape index (κ1) is 24.8. The minimum Gasteiger partial charge on any atom is -0.392 e. The number of hydrogen-bond donors (Lipinski definition) is 2. The molecule has 4 rings (SSSR count). The topological polar surface area (TPSA) is 126 Å². The number of pyridine rings is 2. The number of aliphatic hydroxyl groups is 1. The molecule has 1 aliphatic carbocycles. The van der Waals surface area contributed by atoms with Crippen LogP contribution in [0.15, 0.2) is 48.8 Å². The van der Waals surface area contributed by atoms with Crippen molar-refractivity contribution in [2.45, 2.75) is 45.1 Å². The minimum atomic E-state index is -0.562. The van der Waals surface area contributed by atoms with Crippen LogP contribution in [0.5, 0.6) is 0 Å². The fourth-order valence-corrected chi connectivity index (χ4v) is 4.22. The number of benzene rings is 1. The van der Waals surface area contributed by atoms with Crippen LogP contribution in [0.2, 0.25) is 0 Å². The second-order valence-corrected chi connectivity index (χ2v) is 9.20. The third kappa shape index (κ3) is 5.05. The number of anilines is 2. The van der Waals surface area contributed by atoms with Crippen molar-refractivity contribution in [3.63, 3.8) is 0 Å². The Bertz CT molecular complexity index is 1380. The molecular formula is C28H28N6O2. The number of nitriles is 2. The van der Waals surface area contributed by atoms with Crippen molar-refractivity contribution in [1.29, 1.82) is 10.5 Å². The quantitative estimate of drug-likeness (QED) is 0.491. The molecule has 0 bridgehead atoms. The molecule has 1 aromatic carbocycles. The van der Waals surface area contributed by atoms with Gasteiger partial charge in [-0.3, -0.25) is 9.78 Å². The van der Waals surface area contributed by atoms with Gasteiger partial charge in [0.05, 0.1) is 28.8 Å². The van der Waals surface area contributed by atoms with Crippen molar-refractivity contribution in [3.05, 3.63) is 71.2 Å². The van der Waals surface area contributed by atoms with E-state index in [1.807, 2.05) is 36.9 Å². The normalized spacial score (nSPS) is 14.3. The van der Waals surface area contributed by atoms with Crippen LogP contribution in [0.3, 0.4) is 0 Å². The number of rotatable bonds is 8. The van der Waals surface area contributed by atoms with Gasteiger partial charge >= 0.3 is 0 Å². The first-order valence-electron chi connectivity index (χ1n) is 11.9. The SMILES string of the molecule is CCN(CC(C)O)c1ncc(-c2cc(NC(=O)c3ccnc(C4(C#N)CC4)c3)ccc2C)cc1C#N. The van der Waals surface area contributed by atoms with Crippen LogP contribution in [-0.2, 0) is 5.41 Å². The lowest BCUT2D eigenvalue weighted by atomic mass is 9.99. The Hall–Kier alpha value is -4.27. The minimum absolute atomic E-state index is 0.287. The molecule has 3 aromatic rings. The predicted molar refractivity (Wildman–Crippen MR) is 137 cm³/mol. The molecule has 1 fully saturated rings. The average Bonchev–Trinajstić information content (AvgIpc) is 3.69. The molecule has 2 heterocycles. The molecule has 2 N–H and O–H groups in total. The number of amides is 1. The van der Waals surface area contributed by atoms with Gasteiger partial charge in [-0.05, 0) is 75.1 Å². The summed E-state index contributed by atoms with van der Waals surface area (Å²) < 4.78 is 0. The summed E-state index contributed by atoms with van der Waals surface area (Å²) >= 11 is 0. The van der Waals surface area contributed by atoms with Gasteiger partial charge in [0.2, 0.25) is 0 Å². The third-order valence-electron chi connectivity index (χ3n) is 6.44. The molecule has 0 aliphatic heterocycles. The highest BCUT2D eigenvalue weighted by Crippen LogP contribution is 2.46. The summed E-state index contributed by atoms with van der Waals surface area (Å²) in [6.07, 6.45) is 4.24. The Morgan fingerprint density at radius 3 is 2.64 bits per heavy atom. The maximum Gasteiger partial charge on any atom is 0.255 e. The number of aliphatic hydroxyl groups excluding tert-OH is 1. The van der Waals surface area contributed by atoms with Crippen molar-refractivity contribution < 1.29 is 9.90 Å². The molecule has 0 saturated heterocycles. The van der Waals surface area contributed by atoms with Gasteiger partial charge in [0.15, 0.2) is 0 Å². The lowest BCUT2D eigenvalue weighted by molar-refractivity contribution is 0.102. The van der Waals surface area contributed by atoms with E-state index in [0.717, 1.165) is 29.5 Å². The Morgan fingerprint density at radius 1 is 1.22 bits per heavy atom. The Balaban J connectivity index is 1.60. The van der Waals surface area contributed by atoms with Gasteiger partial charge in [0.25, 0.3) is 5.91 Å². The van der Waals surface area contributed by atoms with Gasteiger partial charge in [0, 0.05) is 42.3 Å². The maximum atomic E-state index is 13.0. The standard InChI is InChI=1S/C28H28N6O2/c1-4-34(16-19(3)35)26-21(14-29)11-22(15-32-26)24-13-23(6-5-18(24)2)33-27(36)20-7-10-31-25(12-20)28(17-30)8-9-28/h5-7,10-13,15,19,35H,4,8-9,16H2,1-3H3,(H,33,36). The van der Waals surface area contributed by atoms with Crippen LogP contribution < -0.4 is 10.2 Å². The van der Waals surface area contributed by atoms with E-state index in [-0.39, 0.29) is 5.91 Å². The van der Waals surface area contributed by atoms with E-state index in [2.05, 4.69) is 27.4 Å². The molecule has 1 aliphatic rings. The zero-order valence-electron chi connectivity index (χ0n) is 20.6. The van der Waals surface area contributed by atoms with E-state index >= 15 is 0 Å². The second-order valence-electron chi connectivity index (χ2n) is 9.20. The van der Waals surface area contributed by atoms with E-state index < -0.39 is 11.5 Å². The van der Waals surface area contributed by atoms with E-state index in [1.165, 1.54) is 0 Å². The number of nitrogens with one attached hydrogen (secondary N) is 1. The lowest BCUT2D eigenvalue weighted by Gasteiger charge is -2.24. The van der Waals surface area contributed by atoms with Crippen LogP contribution in [0, 0.1) is 29.6 Å². The summed E-state index contributed by atoms with van der Waals surface area (Å²) in [5.41, 5.74) is 4.11. The molecule has 1 saturated carbocycles. The van der Waals surface area contributed by atoms with E-state index in [1.54, 1.807) is 37.5 Å².